The molecule has 0 radical (unpaired) electrons. The van der Waals surface area contributed by atoms with E-state index in [1.54, 1.807) is 0 Å². The van der Waals surface area contributed by atoms with Gasteiger partial charge in [-0.25, -0.2) is 0 Å². The van der Waals surface area contributed by atoms with Crippen molar-refractivity contribution in [2.24, 2.45) is 12.0 Å². The highest BCUT2D eigenvalue weighted by Crippen LogP contribution is 2.16. The fourth-order valence-electron chi connectivity index (χ4n) is 3.57. The van der Waals surface area contributed by atoms with Crippen LogP contribution in [0.25, 0.3) is 0 Å². The fraction of sp³-hybridized carbons (Fsp3) is 0.524. The summed E-state index contributed by atoms with van der Waals surface area (Å²) in [5.74, 6) is 0.914. The molecule has 160 valence electrons. The van der Waals surface area contributed by atoms with Crippen LogP contribution in [0.3, 0.4) is 0 Å². The van der Waals surface area contributed by atoms with Crippen LogP contribution in [0.4, 0.5) is 0 Å². The van der Waals surface area contributed by atoms with Crippen molar-refractivity contribution in [1.82, 2.24) is 25.3 Å². The summed E-state index contributed by atoms with van der Waals surface area (Å²) in [6.45, 7) is 4.18. The standard InChI is InChI=1S/C21H31BrN6.HI/c1-23-21(24-11-3-4-18-14-25-27(2)15-18)26-20-9-12-28(13-10-20)16-17-5-7-19(22)8-6-17;/h5-8,14-15,20H,3-4,9-13,16H2,1-2H3,(H2,23,24,26);1H. The third kappa shape index (κ3) is 8.25. The molecular weight excluding hydrogens is 543 g/mol. The number of nitrogens with one attached hydrogen (secondary N) is 2. The predicted molar refractivity (Wildman–Crippen MR) is 134 cm³/mol. The third-order valence-electron chi connectivity index (χ3n) is 5.16. The van der Waals surface area contributed by atoms with E-state index in [1.165, 1.54) is 11.1 Å². The van der Waals surface area contributed by atoms with Crippen LogP contribution < -0.4 is 10.6 Å². The Morgan fingerprint density at radius 2 is 1.93 bits per heavy atom. The molecule has 2 N–H and O–H groups in total. The summed E-state index contributed by atoms with van der Waals surface area (Å²) in [6, 6.07) is 9.13. The van der Waals surface area contributed by atoms with E-state index in [4.69, 9.17) is 0 Å². The second kappa shape index (κ2) is 12.5. The number of likely N-dealkylation sites (tertiary alicyclic amines) is 1. The van der Waals surface area contributed by atoms with Crippen LogP contribution in [-0.2, 0) is 20.0 Å². The first-order chi connectivity index (χ1) is 13.6. The Morgan fingerprint density at radius 1 is 1.21 bits per heavy atom. The predicted octanol–water partition coefficient (Wildman–Crippen LogP) is 3.56. The summed E-state index contributed by atoms with van der Waals surface area (Å²) in [5.41, 5.74) is 2.66. The van der Waals surface area contributed by atoms with Gasteiger partial charge in [0.05, 0.1) is 6.20 Å². The maximum atomic E-state index is 4.39. The summed E-state index contributed by atoms with van der Waals surface area (Å²) in [4.78, 5) is 6.92. The lowest BCUT2D eigenvalue weighted by atomic mass is 10.0. The monoisotopic (exact) mass is 574 g/mol. The number of halogens is 2. The molecule has 6 nitrogen and oxygen atoms in total. The SMILES string of the molecule is CN=C(NCCCc1cnn(C)c1)NC1CCN(Cc2ccc(Br)cc2)CC1.I. The highest BCUT2D eigenvalue weighted by atomic mass is 127. The molecule has 0 saturated carbocycles. The molecule has 1 fully saturated rings. The number of aryl methyl sites for hydroxylation is 2. The van der Waals surface area contributed by atoms with E-state index in [1.807, 2.05) is 25.0 Å². The number of rotatable bonds is 7. The second-order valence-corrected chi connectivity index (χ2v) is 8.36. The highest BCUT2D eigenvalue weighted by Gasteiger charge is 2.20. The lowest BCUT2D eigenvalue weighted by Crippen LogP contribution is -2.48. The van der Waals surface area contributed by atoms with Crippen LogP contribution in [0, 0.1) is 0 Å². The molecule has 0 bridgehead atoms. The summed E-state index contributed by atoms with van der Waals surface area (Å²) in [5, 5.41) is 11.2. The zero-order valence-electron chi connectivity index (χ0n) is 17.3. The van der Waals surface area contributed by atoms with Gasteiger partial charge in [-0.15, -0.1) is 24.0 Å². The molecule has 0 amide bonds. The van der Waals surface area contributed by atoms with Crippen molar-refractivity contribution in [1.29, 1.82) is 0 Å². The van der Waals surface area contributed by atoms with Gasteiger partial charge in [-0.2, -0.15) is 5.10 Å². The van der Waals surface area contributed by atoms with Crippen molar-refractivity contribution < 1.29 is 0 Å². The number of guanidine groups is 1. The quantitative estimate of drug-likeness (QED) is 0.230. The molecule has 0 unspecified atom stereocenters. The molecule has 1 aliphatic heterocycles. The summed E-state index contributed by atoms with van der Waals surface area (Å²) < 4.78 is 2.99. The van der Waals surface area contributed by atoms with Crippen molar-refractivity contribution in [2.75, 3.05) is 26.7 Å². The van der Waals surface area contributed by atoms with Crippen LogP contribution in [-0.4, -0.2) is 53.4 Å². The number of hydrogen-bond donors (Lipinski definition) is 2. The summed E-state index contributed by atoms with van der Waals surface area (Å²) >= 11 is 3.50. The number of hydrogen-bond acceptors (Lipinski definition) is 3. The lowest BCUT2D eigenvalue weighted by Gasteiger charge is -2.33. The maximum Gasteiger partial charge on any atom is 0.191 e. The Bertz CT molecular complexity index is 753. The minimum atomic E-state index is 0. The van der Waals surface area contributed by atoms with E-state index in [9.17, 15) is 0 Å². The van der Waals surface area contributed by atoms with Crippen LogP contribution in [0.15, 0.2) is 46.1 Å². The van der Waals surface area contributed by atoms with Gasteiger partial charge in [-0.3, -0.25) is 14.6 Å². The van der Waals surface area contributed by atoms with Crippen molar-refractivity contribution >= 4 is 45.9 Å². The van der Waals surface area contributed by atoms with Crippen molar-refractivity contribution in [3.05, 3.63) is 52.3 Å². The Morgan fingerprint density at radius 3 is 2.55 bits per heavy atom. The van der Waals surface area contributed by atoms with Crippen LogP contribution in [0.2, 0.25) is 0 Å². The van der Waals surface area contributed by atoms with Crippen molar-refractivity contribution in [3.63, 3.8) is 0 Å². The second-order valence-electron chi connectivity index (χ2n) is 7.45. The molecule has 0 spiro atoms. The first kappa shape index (κ1) is 24.1. The van der Waals surface area contributed by atoms with E-state index < -0.39 is 0 Å². The molecule has 1 saturated heterocycles. The van der Waals surface area contributed by atoms with Gasteiger partial charge in [0.1, 0.15) is 0 Å². The number of piperidine rings is 1. The molecule has 1 aromatic carbocycles. The molecule has 2 aromatic rings. The van der Waals surface area contributed by atoms with E-state index in [0.717, 1.165) is 62.3 Å². The number of benzene rings is 1. The summed E-state index contributed by atoms with van der Waals surface area (Å²) in [6.07, 6.45) is 8.41. The molecule has 1 aliphatic rings. The van der Waals surface area contributed by atoms with E-state index in [-0.39, 0.29) is 24.0 Å². The summed E-state index contributed by atoms with van der Waals surface area (Å²) in [7, 11) is 3.80. The smallest absolute Gasteiger partial charge is 0.191 e. The molecule has 1 aromatic heterocycles. The van der Waals surface area contributed by atoms with Crippen LogP contribution in [0.1, 0.15) is 30.4 Å². The third-order valence-corrected chi connectivity index (χ3v) is 5.69. The van der Waals surface area contributed by atoms with Gasteiger partial charge < -0.3 is 10.6 Å². The molecular formula is C21H32BrIN6. The molecule has 29 heavy (non-hydrogen) atoms. The van der Waals surface area contributed by atoms with E-state index in [0.29, 0.717) is 6.04 Å². The number of nitrogens with zero attached hydrogens (tertiary/aromatic N) is 4. The average Bonchev–Trinajstić information content (AvgIpc) is 3.12. The van der Waals surface area contributed by atoms with E-state index >= 15 is 0 Å². The topological polar surface area (TPSA) is 57.5 Å². The van der Waals surface area contributed by atoms with Gasteiger partial charge in [0, 0.05) is 57.0 Å². The minimum absolute atomic E-state index is 0. The first-order valence-corrected chi connectivity index (χ1v) is 10.8. The van der Waals surface area contributed by atoms with Gasteiger partial charge in [-0.1, -0.05) is 28.1 Å². The molecule has 0 aliphatic carbocycles. The van der Waals surface area contributed by atoms with Gasteiger partial charge in [-0.05, 0) is 48.9 Å². The Hall–Kier alpha value is -1.13. The zero-order valence-corrected chi connectivity index (χ0v) is 21.2. The number of aliphatic imine (C=N–C) groups is 1. The van der Waals surface area contributed by atoms with Crippen molar-refractivity contribution in [2.45, 2.75) is 38.3 Å². The Labute approximate surface area is 199 Å². The van der Waals surface area contributed by atoms with Crippen LogP contribution in [0.5, 0.6) is 0 Å². The normalized spacial score (nSPS) is 15.8. The molecule has 8 heteroatoms. The molecule has 0 atom stereocenters. The fourth-order valence-corrected chi connectivity index (χ4v) is 3.84. The van der Waals surface area contributed by atoms with Gasteiger partial charge in [0.15, 0.2) is 5.96 Å². The minimum Gasteiger partial charge on any atom is -0.356 e. The molecule has 2 heterocycles. The highest BCUT2D eigenvalue weighted by molar-refractivity contribution is 14.0. The largest absolute Gasteiger partial charge is 0.356 e. The van der Waals surface area contributed by atoms with Gasteiger partial charge in [0.25, 0.3) is 0 Å². The Kier molecular flexibility index (Phi) is 10.4. The first-order valence-electron chi connectivity index (χ1n) is 10.0. The zero-order chi connectivity index (χ0) is 19.8. The van der Waals surface area contributed by atoms with Gasteiger partial charge in [0.2, 0.25) is 0 Å². The van der Waals surface area contributed by atoms with Crippen LogP contribution >= 0.6 is 39.9 Å². The molecule has 3 rings (SSSR count). The van der Waals surface area contributed by atoms with E-state index in [2.05, 4.69) is 72.0 Å². The maximum absolute atomic E-state index is 4.39. The Balaban J connectivity index is 0.00000300. The van der Waals surface area contributed by atoms with Crippen molar-refractivity contribution in [3.8, 4) is 0 Å². The number of aromatic nitrogens is 2. The van der Waals surface area contributed by atoms with Gasteiger partial charge >= 0.3 is 0 Å². The lowest BCUT2D eigenvalue weighted by molar-refractivity contribution is 0.198. The average molecular weight is 575 g/mol.